The van der Waals surface area contributed by atoms with E-state index >= 15 is 0 Å². The fourth-order valence-corrected chi connectivity index (χ4v) is 7.46. The Kier molecular flexibility index (Phi) is 8.38. The third-order valence-corrected chi connectivity index (χ3v) is 10.5. The fourth-order valence-electron chi connectivity index (χ4n) is 6.00. The van der Waals surface area contributed by atoms with Crippen LogP contribution in [0.15, 0.2) is 99.6 Å². The first-order chi connectivity index (χ1) is 21.2. The molecular formula is C36H39N5O2S. The Balaban J connectivity index is 1.34. The summed E-state index contributed by atoms with van der Waals surface area (Å²) in [5.74, 6) is 5.25. The van der Waals surface area contributed by atoms with E-state index in [-0.39, 0.29) is 11.6 Å². The van der Waals surface area contributed by atoms with Crippen molar-refractivity contribution in [3.8, 4) is 11.1 Å². The monoisotopic (exact) mass is 605 g/mol. The Labute approximate surface area is 259 Å². The quantitative estimate of drug-likeness (QED) is 0.190. The molecule has 0 radical (unpaired) electrons. The number of pyridine rings is 1. The number of benzene rings is 3. The Bertz CT molecular complexity index is 1960. The number of piperidine rings is 1. The highest BCUT2D eigenvalue weighted by molar-refractivity contribution is 8.00. The minimum Gasteiger partial charge on any atom is -0.324 e. The van der Waals surface area contributed by atoms with E-state index in [0.717, 1.165) is 47.6 Å². The molecule has 1 atom stereocenters. The minimum atomic E-state index is -2.76. The van der Waals surface area contributed by atoms with Crippen molar-refractivity contribution >= 4 is 38.1 Å². The molecule has 44 heavy (non-hydrogen) atoms. The molecule has 0 amide bonds. The molecule has 5 aromatic rings. The maximum absolute atomic E-state index is 14.1. The summed E-state index contributed by atoms with van der Waals surface area (Å²) in [5, 5.41) is 7.50. The highest BCUT2D eigenvalue weighted by Gasteiger charge is 2.19. The fraction of sp³-hybridized carbons (Fsp3) is 0.278. The van der Waals surface area contributed by atoms with Crippen molar-refractivity contribution in [2.24, 2.45) is 5.92 Å². The molecule has 1 unspecified atom stereocenters. The molecule has 2 N–H and O–H groups in total. The smallest absolute Gasteiger partial charge is 0.260 e. The van der Waals surface area contributed by atoms with Crippen molar-refractivity contribution in [3.63, 3.8) is 0 Å². The van der Waals surface area contributed by atoms with Gasteiger partial charge >= 0.3 is 0 Å². The van der Waals surface area contributed by atoms with Gasteiger partial charge in [-0.3, -0.25) is 13.6 Å². The van der Waals surface area contributed by atoms with E-state index in [4.69, 9.17) is 4.98 Å². The number of hydrogen-bond donors (Lipinski definition) is 2. The second-order valence-corrected chi connectivity index (χ2v) is 14.3. The van der Waals surface area contributed by atoms with Gasteiger partial charge in [-0.2, -0.15) is 4.98 Å². The van der Waals surface area contributed by atoms with Crippen LogP contribution in [-0.4, -0.2) is 37.7 Å². The van der Waals surface area contributed by atoms with Crippen molar-refractivity contribution in [1.82, 2.24) is 19.9 Å². The second kappa shape index (κ2) is 12.4. The lowest BCUT2D eigenvalue weighted by Gasteiger charge is -2.22. The molecule has 0 saturated carbocycles. The molecule has 1 aliphatic rings. The average Bonchev–Trinajstić information content (AvgIpc) is 3.03. The van der Waals surface area contributed by atoms with Crippen LogP contribution in [0.3, 0.4) is 0 Å². The topological polar surface area (TPSA) is 88.9 Å². The Hall–Kier alpha value is -4.27. The van der Waals surface area contributed by atoms with E-state index < -0.39 is 9.52 Å². The van der Waals surface area contributed by atoms with Crippen LogP contribution in [0.4, 0.5) is 11.6 Å². The number of fused-ring (bicyclic) bond motifs is 1. The largest absolute Gasteiger partial charge is 0.324 e. The zero-order valence-corrected chi connectivity index (χ0v) is 26.4. The van der Waals surface area contributed by atoms with Gasteiger partial charge in [-0.15, -0.1) is 0 Å². The Morgan fingerprint density at radius 1 is 0.977 bits per heavy atom. The number of aryl methyl sites for hydroxylation is 1. The maximum Gasteiger partial charge on any atom is 0.260 e. The predicted octanol–water partition coefficient (Wildman–Crippen LogP) is 6.77. The number of anilines is 2. The van der Waals surface area contributed by atoms with Crippen LogP contribution in [0.2, 0.25) is 0 Å². The predicted molar refractivity (Wildman–Crippen MR) is 182 cm³/mol. The highest BCUT2D eigenvalue weighted by Crippen LogP contribution is 2.30. The Morgan fingerprint density at radius 3 is 2.41 bits per heavy atom. The normalized spacial score (nSPS) is 15.4. The first-order valence-electron chi connectivity index (χ1n) is 15.2. The zero-order valence-electron chi connectivity index (χ0n) is 25.5. The summed E-state index contributed by atoms with van der Waals surface area (Å²) in [7, 11) is -2.76. The van der Waals surface area contributed by atoms with Gasteiger partial charge in [0, 0.05) is 48.2 Å². The third-order valence-electron chi connectivity index (χ3n) is 8.49. The van der Waals surface area contributed by atoms with Crippen LogP contribution < -0.4 is 16.2 Å². The average molecular weight is 606 g/mol. The molecular weight excluding hydrogens is 566 g/mol. The number of hydrogen-bond acceptors (Lipinski definition) is 6. The molecule has 0 aliphatic carbocycles. The van der Waals surface area contributed by atoms with Crippen molar-refractivity contribution in [2.75, 3.05) is 18.4 Å². The van der Waals surface area contributed by atoms with Crippen LogP contribution in [0.25, 0.3) is 22.2 Å². The van der Waals surface area contributed by atoms with E-state index in [0.29, 0.717) is 26.9 Å². The van der Waals surface area contributed by atoms with Gasteiger partial charge in [0.25, 0.3) is 5.56 Å². The molecule has 0 spiro atoms. The van der Waals surface area contributed by atoms with Gasteiger partial charge in [0.1, 0.15) is 5.65 Å². The molecule has 1 aliphatic heterocycles. The van der Waals surface area contributed by atoms with Gasteiger partial charge in [0.15, 0.2) is 0 Å². The van der Waals surface area contributed by atoms with E-state index in [9.17, 15) is 9.00 Å². The van der Waals surface area contributed by atoms with E-state index in [1.807, 2.05) is 75.4 Å². The molecule has 7 nitrogen and oxygen atoms in total. The van der Waals surface area contributed by atoms with Crippen molar-refractivity contribution < 1.29 is 4.21 Å². The zero-order chi connectivity index (χ0) is 30.8. The van der Waals surface area contributed by atoms with Gasteiger partial charge in [0.2, 0.25) is 5.95 Å². The molecule has 226 valence electrons. The minimum absolute atomic E-state index is 0.146. The van der Waals surface area contributed by atoms with Crippen LogP contribution in [0, 0.1) is 12.8 Å². The molecule has 2 aromatic heterocycles. The van der Waals surface area contributed by atoms with Crippen molar-refractivity contribution in [3.05, 3.63) is 107 Å². The lowest BCUT2D eigenvalue weighted by molar-refractivity contribution is 0.372. The van der Waals surface area contributed by atoms with Gasteiger partial charge in [-0.25, -0.2) is 4.98 Å². The Morgan fingerprint density at radius 2 is 1.70 bits per heavy atom. The highest BCUT2D eigenvalue weighted by atomic mass is 32.2. The molecule has 1 saturated heterocycles. The number of nitrogens with one attached hydrogen (secondary N) is 2. The molecule has 3 heterocycles. The summed E-state index contributed by atoms with van der Waals surface area (Å²) < 4.78 is 15.5. The summed E-state index contributed by atoms with van der Waals surface area (Å²) >= 11 is 0. The van der Waals surface area contributed by atoms with Gasteiger partial charge in [0.05, 0.1) is 0 Å². The summed E-state index contributed by atoms with van der Waals surface area (Å²) in [6, 6.07) is 25.0. The molecule has 6 rings (SSSR count). The van der Waals surface area contributed by atoms with Gasteiger partial charge in [-0.1, -0.05) is 36.4 Å². The first kappa shape index (κ1) is 29.8. The molecule has 3 aromatic carbocycles. The summed E-state index contributed by atoms with van der Waals surface area (Å²) in [6.45, 7) is 8.11. The van der Waals surface area contributed by atoms with Crippen LogP contribution >= 0.6 is 0 Å². The lowest BCUT2D eigenvalue weighted by atomic mass is 9.91. The van der Waals surface area contributed by atoms with Crippen molar-refractivity contribution in [1.29, 1.82) is 0 Å². The second-order valence-electron chi connectivity index (χ2n) is 12.0. The molecule has 0 bridgehead atoms. The first-order valence-corrected chi connectivity index (χ1v) is 17.0. The summed E-state index contributed by atoms with van der Waals surface area (Å²) in [6.07, 6.45) is 5.29. The van der Waals surface area contributed by atoms with E-state index in [2.05, 4.69) is 45.8 Å². The third kappa shape index (κ3) is 6.05. The van der Waals surface area contributed by atoms with Crippen molar-refractivity contribution in [2.45, 2.75) is 55.9 Å². The lowest BCUT2D eigenvalue weighted by Crippen LogP contribution is -2.28. The van der Waals surface area contributed by atoms with Gasteiger partial charge in [-0.05, 0) is 124 Å². The molecule has 8 heteroatoms. The van der Waals surface area contributed by atoms with Gasteiger partial charge < -0.3 is 10.6 Å². The molecule has 1 fully saturated rings. The SMILES string of the molecule is C=S(=O)(c1ccccc1)c1ccc(C)c(-c2cc3cnc(Nc4ccc(CC5CCNCC5)cc4)nc3n(C(C)C)c2=O)c1. The van der Waals surface area contributed by atoms with E-state index in [1.54, 1.807) is 10.8 Å². The number of rotatable bonds is 8. The van der Waals surface area contributed by atoms with E-state index in [1.165, 1.54) is 18.4 Å². The van der Waals surface area contributed by atoms with Crippen LogP contribution in [0.5, 0.6) is 0 Å². The maximum atomic E-state index is 14.1. The summed E-state index contributed by atoms with van der Waals surface area (Å²) in [4.78, 5) is 24.7. The number of aromatic nitrogens is 3. The summed E-state index contributed by atoms with van der Waals surface area (Å²) in [5.41, 5.74) is 4.79. The van der Waals surface area contributed by atoms with Crippen LogP contribution in [-0.2, 0) is 15.9 Å². The number of nitrogens with zero attached hydrogens (tertiary/aromatic N) is 3. The standard InChI is InChI=1S/C36H39N5O2S/c1-24(2)41-34-28(23-38-36(40-34)39-29-13-11-26(12-14-29)20-27-16-18-37-19-17-27)21-33(35(41)42)32-22-31(15-10-25(32)3)44(4,43)30-8-6-5-7-9-30/h5-15,21-24,27,37H,4,16-20H2,1-3H3,(H,38,39,40). The van der Waals surface area contributed by atoms with Crippen LogP contribution in [0.1, 0.15) is 43.9 Å².